The number of aromatic amines is 2. The van der Waals surface area contributed by atoms with E-state index in [1.165, 1.54) is 0 Å². The second kappa shape index (κ2) is 35.7. The summed E-state index contributed by atoms with van der Waals surface area (Å²) in [5.74, 6) is 0. The average Bonchev–Trinajstić information content (AvgIpc) is 1.60. The molecule has 0 saturated heterocycles. The molecule has 3 aromatic heterocycles. The third-order valence-electron chi connectivity index (χ3n) is 23.6. The minimum Gasteiger partial charge on any atom is -0.354 e. The van der Waals surface area contributed by atoms with Crippen LogP contribution in [0.2, 0.25) is 0 Å². The van der Waals surface area contributed by atoms with Crippen LogP contribution in [0, 0.1) is 0 Å². The smallest absolute Gasteiger partial charge is 0.0781 e. The van der Waals surface area contributed by atoms with E-state index >= 15 is 0 Å². The van der Waals surface area contributed by atoms with Crippen molar-refractivity contribution in [3.8, 4) is 89.0 Å². The fraction of sp³-hybridized carbons (Fsp3) is 0. The summed E-state index contributed by atoms with van der Waals surface area (Å²) in [6.45, 7) is 0. The molecule has 2 aliphatic heterocycles. The molecule has 0 unspecified atom stereocenters. The van der Waals surface area contributed by atoms with Gasteiger partial charge in [-0.25, -0.2) is 29.9 Å². The number of benzene rings is 16. The summed E-state index contributed by atoms with van der Waals surface area (Å²) in [6.07, 6.45) is 8.68. The Kier molecular flexibility index (Phi) is 21.8. The number of nitrogens with one attached hydrogen (secondary N) is 2. The number of nitrogens with zero attached hydrogens (tertiary/aromatic N) is 6. The number of aromatic nitrogens is 4. The molecule has 0 fully saturated rings. The van der Waals surface area contributed by atoms with Gasteiger partial charge >= 0.3 is 0 Å². The van der Waals surface area contributed by atoms with E-state index in [1.807, 2.05) is 48.5 Å². The molecule has 8 bridgehead atoms. The van der Waals surface area contributed by atoms with Gasteiger partial charge in [0.1, 0.15) is 0 Å². The first-order valence-electron chi connectivity index (χ1n) is 43.2. The molecule has 0 amide bonds. The Morgan fingerprint density at radius 1 is 0.148 bits per heavy atom. The first kappa shape index (κ1) is 78.1. The Morgan fingerprint density at radius 3 is 0.445 bits per heavy atom. The summed E-state index contributed by atoms with van der Waals surface area (Å²) in [7, 11) is 0. The number of hydrogen-bond acceptors (Lipinski definition) is 6. The monoisotopic (exact) mass is 1630 g/mol. The third-order valence-corrected chi connectivity index (χ3v) is 23.6. The van der Waals surface area contributed by atoms with E-state index in [4.69, 9.17) is 29.9 Å². The minimum absolute atomic E-state index is 0.806. The van der Waals surface area contributed by atoms with E-state index in [2.05, 4.69) is 447 Å². The Labute approximate surface area is 744 Å². The molecule has 0 atom stereocenters. The molecule has 19 aromatic rings. The van der Waals surface area contributed by atoms with Gasteiger partial charge in [-0.05, 0) is 164 Å². The zero-order chi connectivity index (χ0) is 85.3. The summed E-state index contributed by atoms with van der Waals surface area (Å²) in [5, 5.41) is 0. The molecule has 21 rings (SSSR count). The quantitative estimate of drug-likeness (QED) is 0.0742. The Balaban J connectivity index is 0.706. The summed E-state index contributed by atoms with van der Waals surface area (Å²) in [6, 6.07) is 162. The van der Waals surface area contributed by atoms with E-state index in [1.54, 1.807) is 0 Å². The lowest BCUT2D eigenvalue weighted by Crippen LogP contribution is -2.02. The lowest BCUT2D eigenvalue weighted by Gasteiger charge is -2.10. The second-order valence-corrected chi connectivity index (χ2v) is 31.8. The molecule has 16 aromatic carbocycles. The number of H-pyrrole nitrogens is 2. The zero-order valence-corrected chi connectivity index (χ0v) is 69.9. The van der Waals surface area contributed by atoms with Gasteiger partial charge in [0.2, 0.25) is 0 Å². The van der Waals surface area contributed by atoms with Gasteiger partial charge in [-0.15, -0.1) is 0 Å². The van der Waals surface area contributed by atoms with Crippen LogP contribution < -0.4 is 0 Å². The maximum atomic E-state index is 5.80. The van der Waals surface area contributed by atoms with Gasteiger partial charge in [-0.1, -0.05) is 388 Å². The molecule has 0 radical (unpaired) electrons. The van der Waals surface area contributed by atoms with Crippen LogP contribution in [-0.4, -0.2) is 42.8 Å². The van der Waals surface area contributed by atoms with E-state index in [0.29, 0.717) is 0 Å². The SMILES string of the molecule is C1=Cc2nc1c(-c1ccc(-c3ccc(N=C(c4ccccc4)c4ccccc4)cc3)cc1)c1ccc([nH]1)c(-c1ccc(-c3ccc(N=C(c4ccccc4)c4ccccc4)cc3)cc1)c1nc(c(-c3ccc(-c4ccc(N=C(c5ccccc5)c5ccccc5)cc4)cc3)c3ccc([nH]3)c2-c2ccc(-c3ccc(N=C(c4ccccc4)c4ccccc4)cc3)cc2)C=C1. The van der Waals surface area contributed by atoms with Crippen molar-refractivity contribution in [1.82, 2.24) is 19.9 Å². The van der Waals surface area contributed by atoms with Crippen molar-refractivity contribution in [2.75, 3.05) is 0 Å². The minimum atomic E-state index is 0.806. The summed E-state index contributed by atoms with van der Waals surface area (Å²) in [4.78, 5) is 40.7. The van der Waals surface area contributed by atoms with Crippen LogP contribution in [-0.2, 0) is 0 Å². The largest absolute Gasteiger partial charge is 0.354 e. The Morgan fingerprint density at radius 2 is 0.289 bits per heavy atom. The molecule has 2 N–H and O–H groups in total. The van der Waals surface area contributed by atoms with Gasteiger partial charge in [0.05, 0.1) is 68.4 Å². The lowest BCUT2D eigenvalue weighted by atomic mass is 9.99. The van der Waals surface area contributed by atoms with Crippen LogP contribution in [0.25, 0.3) is 135 Å². The number of rotatable bonds is 20. The Bertz CT molecular complexity index is 6530. The van der Waals surface area contributed by atoms with Gasteiger partial charge in [-0.3, -0.25) is 0 Å². The van der Waals surface area contributed by atoms with E-state index in [-0.39, 0.29) is 0 Å². The predicted octanol–water partition coefficient (Wildman–Crippen LogP) is 30.7. The van der Waals surface area contributed by atoms with Crippen LogP contribution >= 0.6 is 0 Å². The van der Waals surface area contributed by atoms with Crippen molar-refractivity contribution in [1.29, 1.82) is 0 Å². The highest BCUT2D eigenvalue weighted by atomic mass is 14.8. The van der Waals surface area contributed by atoms with Crippen LogP contribution in [0.4, 0.5) is 22.7 Å². The van der Waals surface area contributed by atoms with Crippen molar-refractivity contribution < 1.29 is 0 Å². The molecule has 5 heterocycles. The van der Waals surface area contributed by atoms with Crippen LogP contribution in [0.5, 0.6) is 0 Å². The van der Waals surface area contributed by atoms with E-state index in [0.717, 1.165) is 224 Å². The molecular weight excluding hydrogens is 1550 g/mol. The number of fused-ring (bicyclic) bond motifs is 8. The van der Waals surface area contributed by atoms with Gasteiger partial charge in [0.15, 0.2) is 0 Å². The molecule has 8 nitrogen and oxygen atoms in total. The number of hydrogen-bond donors (Lipinski definition) is 2. The van der Waals surface area contributed by atoms with Crippen LogP contribution in [0.3, 0.4) is 0 Å². The molecule has 128 heavy (non-hydrogen) atoms. The topological polar surface area (TPSA) is 107 Å². The fourth-order valence-electron chi connectivity index (χ4n) is 17.1. The molecule has 0 aliphatic carbocycles. The van der Waals surface area contributed by atoms with Crippen LogP contribution in [0.1, 0.15) is 67.3 Å². The highest BCUT2D eigenvalue weighted by Gasteiger charge is 2.22. The molecule has 8 heteroatoms. The van der Waals surface area contributed by atoms with E-state index < -0.39 is 0 Å². The maximum Gasteiger partial charge on any atom is 0.0781 e. The molecule has 2 aliphatic rings. The van der Waals surface area contributed by atoms with Crippen molar-refractivity contribution >= 4 is 92.0 Å². The summed E-state index contributed by atoms with van der Waals surface area (Å²) in [5.41, 5.74) is 38.7. The van der Waals surface area contributed by atoms with Crippen molar-refractivity contribution in [3.05, 3.63) is 528 Å². The molecular formula is C120H82N8. The molecule has 0 spiro atoms. The van der Waals surface area contributed by atoms with Gasteiger partial charge in [-0.2, -0.15) is 0 Å². The highest BCUT2D eigenvalue weighted by molar-refractivity contribution is 6.17. The highest BCUT2D eigenvalue weighted by Crippen LogP contribution is 2.42. The first-order valence-corrected chi connectivity index (χ1v) is 43.2. The zero-order valence-electron chi connectivity index (χ0n) is 69.9. The standard InChI is InChI=1S/C120H82N8/c1-9-25-93(26-10-1)117(94-27-11-2-12-28-94)121-101-65-57-85(58-66-101)81-41-49-89(50-42-81)113-105-73-75-107(125-105)114(90-51-43-82(44-52-90)86-59-67-102(68-60-86)122-118(95-29-13-3-14-30-95)96-31-15-4-16-32-96)109-77-79-111(127-109)116(92-55-47-84(48-56-92)88-63-71-104(72-64-88)124-120(99-37-21-7-22-38-99)100-39-23-8-24-40-100)112-80-78-110(128-112)115(108-76-74-106(113)126-108)91-53-45-83(46-54-91)87-61-69-103(70-62-87)123-119(97-33-17-5-18-34-97)98-35-19-6-20-36-98/h1-80,125,128H. The maximum absolute atomic E-state index is 5.80. The van der Waals surface area contributed by atoms with Crippen molar-refractivity contribution in [2.45, 2.75) is 0 Å². The predicted molar refractivity (Wildman–Crippen MR) is 535 cm³/mol. The van der Waals surface area contributed by atoms with Crippen molar-refractivity contribution in [3.63, 3.8) is 0 Å². The van der Waals surface area contributed by atoms with Crippen LogP contribution in [0.15, 0.2) is 481 Å². The Hall–Kier alpha value is -17.2. The summed E-state index contributed by atoms with van der Waals surface area (Å²) < 4.78 is 0. The summed E-state index contributed by atoms with van der Waals surface area (Å²) >= 11 is 0. The normalized spacial score (nSPS) is 11.4. The molecule has 0 saturated carbocycles. The van der Waals surface area contributed by atoms with Gasteiger partial charge < -0.3 is 9.97 Å². The van der Waals surface area contributed by atoms with E-state index in [9.17, 15) is 0 Å². The fourth-order valence-corrected chi connectivity index (χ4v) is 17.1. The number of aliphatic imine (C=N–C) groups is 4. The second-order valence-electron chi connectivity index (χ2n) is 31.8. The molecule has 602 valence electrons. The third kappa shape index (κ3) is 16.7. The first-order chi connectivity index (χ1) is 63.4. The lowest BCUT2D eigenvalue weighted by molar-refractivity contribution is 1.31. The average molecular weight is 1640 g/mol. The van der Waals surface area contributed by atoms with Crippen molar-refractivity contribution in [2.24, 2.45) is 20.0 Å². The van der Waals surface area contributed by atoms with Gasteiger partial charge in [0, 0.05) is 88.8 Å². The van der Waals surface area contributed by atoms with Gasteiger partial charge in [0.25, 0.3) is 0 Å².